The average molecular weight is 401 g/mol. The van der Waals surface area contributed by atoms with Gasteiger partial charge in [0.05, 0.1) is 0 Å². The highest BCUT2D eigenvalue weighted by Gasteiger charge is 2.57. The lowest BCUT2D eigenvalue weighted by Crippen LogP contribution is -2.58. The van der Waals surface area contributed by atoms with Crippen LogP contribution in [0.3, 0.4) is 0 Å². The van der Waals surface area contributed by atoms with Gasteiger partial charge >= 0.3 is 6.03 Å². The monoisotopic (exact) mass is 401 g/mol. The summed E-state index contributed by atoms with van der Waals surface area (Å²) in [5.41, 5.74) is -0.295. The molecule has 0 radical (unpaired) electrons. The van der Waals surface area contributed by atoms with Gasteiger partial charge in [-0.3, -0.25) is 14.5 Å². The molecule has 1 aromatic carbocycles. The number of imide groups is 1. The SMILES string of the molecule is CCN1C(=O)N(CC(C)C)C2(CCN(C(=O)c3ccc4c(c3)OCO4)CC2)C1=O. The first-order valence-electron chi connectivity index (χ1n) is 10.2. The summed E-state index contributed by atoms with van der Waals surface area (Å²) in [6, 6.07) is 4.96. The predicted octanol–water partition coefficient (Wildman–Crippen LogP) is 2.33. The second-order valence-electron chi connectivity index (χ2n) is 8.23. The lowest BCUT2D eigenvalue weighted by molar-refractivity contribution is -0.135. The van der Waals surface area contributed by atoms with Crippen LogP contribution >= 0.6 is 0 Å². The molecule has 2 fully saturated rings. The molecule has 0 unspecified atom stereocenters. The largest absolute Gasteiger partial charge is 0.454 e. The summed E-state index contributed by atoms with van der Waals surface area (Å²) in [7, 11) is 0. The van der Waals surface area contributed by atoms with E-state index in [9.17, 15) is 14.4 Å². The number of carbonyl (C=O) groups excluding carboxylic acids is 3. The minimum absolute atomic E-state index is 0.0994. The molecule has 0 aromatic heterocycles. The van der Waals surface area contributed by atoms with E-state index < -0.39 is 5.54 Å². The molecule has 8 nitrogen and oxygen atoms in total. The van der Waals surface area contributed by atoms with Crippen LogP contribution in [0.1, 0.15) is 44.0 Å². The molecule has 0 saturated carbocycles. The number of likely N-dealkylation sites (N-methyl/N-ethyl adjacent to an activating group) is 1. The first-order valence-corrected chi connectivity index (χ1v) is 10.2. The number of hydrogen-bond donors (Lipinski definition) is 0. The summed E-state index contributed by atoms with van der Waals surface area (Å²) in [6.07, 6.45) is 0.911. The summed E-state index contributed by atoms with van der Waals surface area (Å²) in [5.74, 6) is 1.24. The van der Waals surface area contributed by atoms with Crippen LogP contribution in [0, 0.1) is 5.92 Å². The number of hydrogen-bond acceptors (Lipinski definition) is 5. The van der Waals surface area contributed by atoms with Gasteiger partial charge in [-0.2, -0.15) is 0 Å². The van der Waals surface area contributed by atoms with E-state index in [0.717, 1.165) is 0 Å². The molecule has 0 atom stereocenters. The van der Waals surface area contributed by atoms with Crippen LogP contribution in [0.2, 0.25) is 0 Å². The summed E-state index contributed by atoms with van der Waals surface area (Å²) in [5, 5.41) is 0. The van der Waals surface area contributed by atoms with Crippen molar-refractivity contribution in [3.05, 3.63) is 23.8 Å². The van der Waals surface area contributed by atoms with E-state index in [4.69, 9.17) is 9.47 Å². The maximum absolute atomic E-state index is 13.1. The third-order valence-corrected chi connectivity index (χ3v) is 5.98. The Balaban J connectivity index is 1.52. The molecule has 3 aliphatic heterocycles. The summed E-state index contributed by atoms with van der Waals surface area (Å²) in [6.45, 7) is 7.83. The van der Waals surface area contributed by atoms with E-state index >= 15 is 0 Å². The lowest BCUT2D eigenvalue weighted by atomic mass is 9.85. The number of fused-ring (bicyclic) bond motifs is 1. The van der Waals surface area contributed by atoms with Crippen LogP contribution in [0.25, 0.3) is 0 Å². The van der Waals surface area contributed by atoms with Crippen molar-refractivity contribution < 1.29 is 23.9 Å². The Bertz CT molecular complexity index is 845. The Hall–Kier alpha value is -2.77. The zero-order valence-electron chi connectivity index (χ0n) is 17.1. The molecule has 8 heteroatoms. The molecule has 0 bridgehead atoms. The molecule has 29 heavy (non-hydrogen) atoms. The predicted molar refractivity (Wildman–Crippen MR) is 105 cm³/mol. The summed E-state index contributed by atoms with van der Waals surface area (Å²) in [4.78, 5) is 43.8. The van der Waals surface area contributed by atoms with Crippen molar-refractivity contribution in [1.29, 1.82) is 0 Å². The molecule has 0 aliphatic carbocycles. The normalized spacial score (nSPS) is 20.3. The molecule has 156 valence electrons. The Labute approximate surface area is 170 Å². The molecule has 1 spiro atoms. The first kappa shape index (κ1) is 19.5. The average Bonchev–Trinajstić information content (AvgIpc) is 3.25. The van der Waals surface area contributed by atoms with E-state index in [2.05, 4.69) is 0 Å². The number of amides is 4. The number of piperidine rings is 1. The van der Waals surface area contributed by atoms with Gasteiger partial charge < -0.3 is 19.3 Å². The van der Waals surface area contributed by atoms with Crippen molar-refractivity contribution in [3.8, 4) is 11.5 Å². The molecule has 4 amide bonds. The van der Waals surface area contributed by atoms with Crippen molar-refractivity contribution in [3.63, 3.8) is 0 Å². The van der Waals surface area contributed by atoms with Crippen LogP contribution in [-0.4, -0.2) is 71.1 Å². The van der Waals surface area contributed by atoms with Crippen LogP contribution in [0.15, 0.2) is 18.2 Å². The fourth-order valence-corrected chi connectivity index (χ4v) is 4.45. The van der Waals surface area contributed by atoms with Crippen LogP contribution in [0.5, 0.6) is 11.5 Å². The Morgan fingerprint density at radius 2 is 1.83 bits per heavy atom. The molecule has 3 heterocycles. The number of rotatable bonds is 4. The molecule has 0 N–H and O–H groups in total. The van der Waals surface area contributed by atoms with Gasteiger partial charge in [0, 0.05) is 31.7 Å². The molecule has 1 aromatic rings. The molecule has 3 aliphatic rings. The van der Waals surface area contributed by atoms with E-state index in [1.165, 1.54) is 4.90 Å². The molecular weight excluding hydrogens is 374 g/mol. The fraction of sp³-hybridized carbons (Fsp3) is 0.571. The van der Waals surface area contributed by atoms with Crippen molar-refractivity contribution in [2.45, 2.75) is 39.2 Å². The van der Waals surface area contributed by atoms with Crippen molar-refractivity contribution in [2.24, 2.45) is 5.92 Å². The molecule has 4 rings (SSSR count). The van der Waals surface area contributed by atoms with Gasteiger partial charge in [-0.1, -0.05) is 13.8 Å². The van der Waals surface area contributed by atoms with Crippen LogP contribution < -0.4 is 9.47 Å². The molecule has 2 saturated heterocycles. The van der Waals surface area contributed by atoms with Crippen molar-refractivity contribution in [2.75, 3.05) is 33.0 Å². The third kappa shape index (κ3) is 3.10. The van der Waals surface area contributed by atoms with Crippen molar-refractivity contribution in [1.82, 2.24) is 14.7 Å². The lowest BCUT2D eigenvalue weighted by Gasteiger charge is -2.42. The zero-order valence-corrected chi connectivity index (χ0v) is 17.1. The molecular formula is C21H27N3O5. The summed E-state index contributed by atoms with van der Waals surface area (Å²) < 4.78 is 10.7. The minimum Gasteiger partial charge on any atom is -0.454 e. The van der Waals surface area contributed by atoms with Crippen LogP contribution in [0.4, 0.5) is 4.79 Å². The number of ether oxygens (including phenoxy) is 2. The number of benzene rings is 1. The second kappa shape index (κ2) is 7.24. The van der Waals surface area contributed by atoms with Gasteiger partial charge in [0.15, 0.2) is 11.5 Å². The highest BCUT2D eigenvalue weighted by atomic mass is 16.7. The standard InChI is InChI=1S/C21H27N3O5/c1-4-23-19(26)21(24(20(23)27)12-14(2)3)7-9-22(10-8-21)18(25)15-5-6-16-17(11-15)29-13-28-16/h5-6,11,14H,4,7-10,12-13H2,1-3H3. The van der Waals surface area contributed by atoms with Gasteiger partial charge in [0.25, 0.3) is 11.8 Å². The van der Waals surface area contributed by atoms with Crippen molar-refractivity contribution >= 4 is 17.8 Å². The maximum atomic E-state index is 13.1. The number of urea groups is 1. The van der Waals surface area contributed by atoms with Gasteiger partial charge in [-0.15, -0.1) is 0 Å². The first-order chi connectivity index (χ1) is 13.9. The van der Waals surface area contributed by atoms with E-state index in [1.54, 1.807) is 28.0 Å². The van der Waals surface area contributed by atoms with Gasteiger partial charge in [0.1, 0.15) is 5.54 Å². The smallest absolute Gasteiger partial charge is 0.327 e. The van der Waals surface area contributed by atoms with Gasteiger partial charge in [-0.25, -0.2) is 4.79 Å². The highest BCUT2D eigenvalue weighted by Crippen LogP contribution is 2.38. The quantitative estimate of drug-likeness (QED) is 0.724. The Morgan fingerprint density at radius 1 is 1.14 bits per heavy atom. The zero-order chi connectivity index (χ0) is 20.8. The fourth-order valence-electron chi connectivity index (χ4n) is 4.45. The minimum atomic E-state index is -0.830. The van der Waals surface area contributed by atoms with E-state index in [-0.39, 0.29) is 30.6 Å². The van der Waals surface area contributed by atoms with E-state index in [1.807, 2.05) is 20.8 Å². The van der Waals surface area contributed by atoms with Gasteiger partial charge in [-0.05, 0) is 43.9 Å². The Morgan fingerprint density at radius 3 is 2.48 bits per heavy atom. The third-order valence-electron chi connectivity index (χ3n) is 5.98. The summed E-state index contributed by atoms with van der Waals surface area (Å²) >= 11 is 0. The second-order valence-corrected chi connectivity index (χ2v) is 8.23. The van der Waals surface area contributed by atoms with E-state index in [0.29, 0.717) is 56.1 Å². The topological polar surface area (TPSA) is 79.4 Å². The highest BCUT2D eigenvalue weighted by molar-refractivity contribution is 6.07. The maximum Gasteiger partial charge on any atom is 0.327 e. The number of carbonyl (C=O) groups is 3. The Kier molecular flexibility index (Phi) is 4.88. The number of likely N-dealkylation sites (tertiary alicyclic amines) is 1. The van der Waals surface area contributed by atoms with Crippen LogP contribution in [-0.2, 0) is 4.79 Å². The number of nitrogens with zero attached hydrogens (tertiary/aromatic N) is 3. The van der Waals surface area contributed by atoms with Gasteiger partial charge in [0.2, 0.25) is 6.79 Å².